The number of carbonyl (C=O) groups is 3. The molecule has 2 aromatic carbocycles. The van der Waals surface area contributed by atoms with Crippen molar-refractivity contribution in [3.8, 4) is 0 Å². The van der Waals surface area contributed by atoms with Gasteiger partial charge in [0.25, 0.3) is 23.2 Å². The van der Waals surface area contributed by atoms with Crippen LogP contribution in [-0.4, -0.2) is 92.0 Å². The van der Waals surface area contributed by atoms with Gasteiger partial charge in [0.05, 0.1) is 15.9 Å². The van der Waals surface area contributed by atoms with Crippen molar-refractivity contribution in [2.24, 2.45) is 0 Å². The Morgan fingerprint density at radius 2 is 1.42 bits per heavy atom. The molecule has 2 atom stereocenters. The van der Waals surface area contributed by atoms with Gasteiger partial charge in [-0.25, -0.2) is 0 Å². The second-order valence-corrected chi connectivity index (χ2v) is 9.25. The maximum absolute atomic E-state index is 13.7. The van der Waals surface area contributed by atoms with E-state index in [0.29, 0.717) is 19.3 Å². The van der Waals surface area contributed by atoms with Crippen molar-refractivity contribution in [1.29, 1.82) is 0 Å². The van der Waals surface area contributed by atoms with Crippen LogP contribution in [0.5, 0.6) is 0 Å². The van der Waals surface area contributed by atoms with Gasteiger partial charge in [-0.15, -0.1) is 6.54 Å². The summed E-state index contributed by atoms with van der Waals surface area (Å²) in [6.45, 7) is 2.99. The Morgan fingerprint density at radius 3 is 1.91 bits per heavy atom. The number of nitro groups is 2. The van der Waals surface area contributed by atoms with Crippen molar-refractivity contribution in [3.63, 3.8) is 0 Å². The molecule has 43 heavy (non-hydrogen) atoms. The maximum atomic E-state index is 13.7. The third-order valence-corrected chi connectivity index (χ3v) is 6.50. The van der Waals surface area contributed by atoms with Gasteiger partial charge in [0.15, 0.2) is 0 Å². The third-order valence-electron chi connectivity index (χ3n) is 6.50. The van der Waals surface area contributed by atoms with Gasteiger partial charge < -0.3 is 50.0 Å². The van der Waals surface area contributed by atoms with Gasteiger partial charge in [-0.1, -0.05) is 0 Å². The quantitative estimate of drug-likeness (QED) is 0.0599. The van der Waals surface area contributed by atoms with E-state index >= 15 is 0 Å². The van der Waals surface area contributed by atoms with Crippen LogP contribution in [0.3, 0.4) is 0 Å². The number of nitrogens with one attached hydrogen (secondary N) is 2. The number of nitro benzene ring substituents is 2. The molecule has 1 aliphatic carbocycles. The summed E-state index contributed by atoms with van der Waals surface area (Å²) in [5.41, 5.74) is -2.32. The molecular weight excluding hydrogens is 595 g/mol. The molecule has 2 aromatic rings. The summed E-state index contributed by atoms with van der Waals surface area (Å²) in [5, 5.41) is 65.9. The SMILES string of the molecule is [CH2-]CNC(=O)CN(C(=O)c1cc(B(O)O)cc([N+](=O)[O-])c1)C1CCCC1NC(=O)c1cc(B(O)O)cc([N+](=O)[O-])c1.[CH3-].[K+]. The van der Waals surface area contributed by atoms with Gasteiger partial charge in [-0.05, 0) is 42.3 Å². The van der Waals surface area contributed by atoms with Gasteiger partial charge in [-0.3, -0.25) is 34.6 Å². The molecule has 6 N–H and O–H groups in total. The molecule has 1 aliphatic rings. The number of non-ortho nitro benzene ring substituents is 2. The second kappa shape index (κ2) is 16.9. The average molecular weight is 624 g/mol. The number of hydrogen-bond acceptors (Lipinski definition) is 11. The molecule has 0 bridgehead atoms. The molecule has 0 spiro atoms. The molecule has 0 saturated heterocycles. The summed E-state index contributed by atoms with van der Waals surface area (Å²) in [6.07, 6.45) is 1.12. The Morgan fingerprint density at radius 1 is 0.907 bits per heavy atom. The number of hydrogen-bond donors (Lipinski definition) is 6. The van der Waals surface area contributed by atoms with E-state index in [1.54, 1.807) is 0 Å². The van der Waals surface area contributed by atoms with Crippen LogP contribution in [0.4, 0.5) is 11.4 Å². The molecule has 224 valence electrons. The summed E-state index contributed by atoms with van der Waals surface area (Å²) in [7, 11) is -4.21. The van der Waals surface area contributed by atoms with Crippen LogP contribution < -0.4 is 72.9 Å². The first-order valence-electron chi connectivity index (χ1n) is 12.3. The van der Waals surface area contributed by atoms with Crippen LogP contribution in [0.25, 0.3) is 0 Å². The minimum Gasteiger partial charge on any atom is -0.423 e. The van der Waals surface area contributed by atoms with Gasteiger partial charge in [-0.2, -0.15) is 0 Å². The molecule has 0 aromatic heterocycles. The van der Waals surface area contributed by atoms with E-state index in [0.717, 1.165) is 41.3 Å². The summed E-state index contributed by atoms with van der Waals surface area (Å²) in [4.78, 5) is 61.4. The van der Waals surface area contributed by atoms with Crippen LogP contribution in [-0.2, 0) is 4.79 Å². The molecule has 3 amide bonds. The zero-order valence-electron chi connectivity index (χ0n) is 23.5. The van der Waals surface area contributed by atoms with Crippen molar-refractivity contribution < 1.29 is 95.7 Å². The molecule has 1 saturated carbocycles. The van der Waals surface area contributed by atoms with Crippen LogP contribution in [0.2, 0.25) is 0 Å². The number of amides is 3. The molecule has 0 aliphatic heterocycles. The molecule has 3 rings (SSSR count). The van der Waals surface area contributed by atoms with Gasteiger partial charge in [0.1, 0.15) is 6.54 Å². The Hall–Kier alpha value is -2.74. The first-order chi connectivity index (χ1) is 19.3. The van der Waals surface area contributed by atoms with Crippen LogP contribution in [0, 0.1) is 34.6 Å². The summed E-state index contributed by atoms with van der Waals surface area (Å²) in [5.74, 6) is -2.29. The fraction of sp³-hybridized carbons (Fsp3) is 0.292. The molecule has 0 radical (unpaired) electrons. The third kappa shape index (κ3) is 9.88. The molecule has 16 nitrogen and oxygen atoms in total. The smallest absolute Gasteiger partial charge is 0.423 e. The fourth-order valence-corrected chi connectivity index (χ4v) is 4.62. The maximum Gasteiger partial charge on any atom is 1.00 e. The predicted molar refractivity (Wildman–Crippen MR) is 151 cm³/mol. The molecule has 19 heteroatoms. The molecular formula is C24H29B2KN5O11-. The summed E-state index contributed by atoms with van der Waals surface area (Å²) in [6, 6.07) is 4.17. The Bertz CT molecular complexity index is 1360. The van der Waals surface area contributed by atoms with E-state index in [9.17, 15) is 54.7 Å². The Balaban J connectivity index is 0.00000462. The Kier molecular flexibility index (Phi) is 15.1. The zero-order chi connectivity index (χ0) is 30.4. The van der Waals surface area contributed by atoms with E-state index in [1.165, 1.54) is 0 Å². The second-order valence-electron chi connectivity index (χ2n) is 9.25. The number of benzene rings is 2. The molecule has 0 heterocycles. The minimum atomic E-state index is -2.12. The van der Waals surface area contributed by atoms with Crippen molar-refractivity contribution in [1.82, 2.24) is 15.5 Å². The number of nitrogens with zero attached hydrogens (tertiary/aromatic N) is 3. The van der Waals surface area contributed by atoms with E-state index < -0.39 is 71.8 Å². The van der Waals surface area contributed by atoms with Crippen LogP contribution in [0.15, 0.2) is 36.4 Å². The van der Waals surface area contributed by atoms with Crippen molar-refractivity contribution >= 4 is 54.3 Å². The van der Waals surface area contributed by atoms with Crippen molar-refractivity contribution in [2.45, 2.75) is 31.3 Å². The summed E-state index contributed by atoms with van der Waals surface area (Å²) >= 11 is 0. The monoisotopic (exact) mass is 624 g/mol. The van der Waals surface area contributed by atoms with Gasteiger partial charge in [0, 0.05) is 41.4 Å². The van der Waals surface area contributed by atoms with E-state index in [4.69, 9.17) is 0 Å². The normalized spacial score (nSPS) is 15.3. The average Bonchev–Trinajstić information content (AvgIpc) is 3.38. The summed E-state index contributed by atoms with van der Waals surface area (Å²) < 4.78 is 0. The van der Waals surface area contributed by atoms with Gasteiger partial charge in [0.2, 0.25) is 5.91 Å². The first-order valence-corrected chi connectivity index (χ1v) is 12.3. The molecule has 1 fully saturated rings. The van der Waals surface area contributed by atoms with Crippen molar-refractivity contribution in [2.75, 3.05) is 13.1 Å². The molecule has 2 unspecified atom stereocenters. The fourth-order valence-electron chi connectivity index (χ4n) is 4.62. The largest absolute Gasteiger partial charge is 1.00 e. The predicted octanol–water partition coefficient (Wildman–Crippen LogP) is -4.94. The topological polar surface area (TPSA) is 246 Å². The van der Waals surface area contributed by atoms with E-state index in [1.807, 2.05) is 0 Å². The van der Waals surface area contributed by atoms with Crippen molar-refractivity contribution in [3.05, 3.63) is 82.1 Å². The van der Waals surface area contributed by atoms with Crippen LogP contribution >= 0.6 is 0 Å². The number of rotatable bonds is 11. The van der Waals surface area contributed by atoms with Gasteiger partial charge >= 0.3 is 65.6 Å². The van der Waals surface area contributed by atoms with Crippen LogP contribution in [0.1, 0.15) is 40.0 Å². The van der Waals surface area contributed by atoms with E-state index in [-0.39, 0.29) is 87.4 Å². The first kappa shape index (κ1) is 38.3. The Labute approximate surface area is 289 Å². The zero-order valence-corrected chi connectivity index (χ0v) is 26.6. The standard InChI is InChI=1S/C23H26B2N5O11.CH3.K/c1-2-26-21(31)12-28(23(33)14-7-16(25(36)37)11-18(9-14)30(40)41)20-5-3-4-19(20)27-22(32)13-6-15(24(34)35)10-17(8-13)29(38)39;;/h6-11,19-20,34-37H,1-5,12H2,(H,26,31)(H,27,32);1H3;/q2*-1;+1. The minimum absolute atomic E-state index is 0. The van der Waals surface area contributed by atoms with E-state index in [2.05, 4.69) is 17.6 Å². The number of carbonyl (C=O) groups excluding carboxylic acids is 3.